The molecule has 0 aromatic carbocycles. The summed E-state index contributed by atoms with van der Waals surface area (Å²) >= 11 is 3.19. The Kier molecular flexibility index (Phi) is 5.65. The second-order valence-corrected chi connectivity index (χ2v) is 7.37. The highest BCUT2D eigenvalue weighted by atomic mass is 32.2. The van der Waals surface area contributed by atoms with Crippen molar-refractivity contribution >= 4 is 34.1 Å². The molecule has 5 nitrogen and oxygen atoms in total. The summed E-state index contributed by atoms with van der Waals surface area (Å²) in [5.74, 6) is -0.104. The van der Waals surface area contributed by atoms with Crippen molar-refractivity contribution in [1.82, 2.24) is 15.5 Å². The van der Waals surface area contributed by atoms with E-state index in [-0.39, 0.29) is 10.7 Å². The van der Waals surface area contributed by atoms with Crippen LogP contribution in [0.25, 0.3) is 0 Å². The summed E-state index contributed by atoms with van der Waals surface area (Å²) in [6.45, 7) is 3.67. The molecule has 1 fully saturated rings. The highest BCUT2D eigenvalue weighted by Crippen LogP contribution is 2.39. The third-order valence-electron chi connectivity index (χ3n) is 3.66. The summed E-state index contributed by atoms with van der Waals surface area (Å²) in [6.07, 6.45) is 8.06. The third-order valence-corrected chi connectivity index (χ3v) is 5.96. The van der Waals surface area contributed by atoms with E-state index in [0.29, 0.717) is 5.01 Å². The van der Waals surface area contributed by atoms with Crippen LogP contribution in [-0.4, -0.2) is 40.2 Å². The first kappa shape index (κ1) is 15.6. The molecule has 0 atom stereocenters. The Bertz CT molecular complexity index is 443. The van der Waals surface area contributed by atoms with Gasteiger partial charge in [-0.15, -0.1) is 10.2 Å². The first-order valence-corrected chi connectivity index (χ1v) is 9.14. The molecule has 1 saturated carbocycles. The molecule has 20 heavy (non-hydrogen) atoms. The molecule has 1 aromatic rings. The number of nitrogens with one attached hydrogen (secondary N) is 2. The first-order valence-electron chi connectivity index (χ1n) is 7.10. The van der Waals surface area contributed by atoms with Gasteiger partial charge < -0.3 is 10.6 Å². The molecule has 1 heterocycles. The fourth-order valence-electron chi connectivity index (χ4n) is 2.41. The molecular weight excluding hydrogens is 292 g/mol. The molecule has 2 N–H and O–H groups in total. The zero-order chi connectivity index (χ0) is 14.4. The summed E-state index contributed by atoms with van der Waals surface area (Å²) in [5.41, 5.74) is 0. The number of rotatable bonds is 7. The fourth-order valence-corrected chi connectivity index (χ4v) is 4.01. The zero-order valence-corrected chi connectivity index (χ0v) is 13.7. The van der Waals surface area contributed by atoms with Gasteiger partial charge in [-0.1, -0.05) is 31.1 Å². The van der Waals surface area contributed by atoms with Crippen LogP contribution in [0.5, 0.6) is 0 Å². The second-order valence-electron chi connectivity index (χ2n) is 5.12. The number of hydrogen-bond donors (Lipinski definition) is 2. The number of anilines is 1. The lowest BCUT2D eigenvalue weighted by Gasteiger charge is -2.26. The van der Waals surface area contributed by atoms with Gasteiger partial charge in [-0.3, -0.25) is 4.79 Å². The van der Waals surface area contributed by atoms with Crippen LogP contribution in [0.3, 0.4) is 0 Å². The van der Waals surface area contributed by atoms with Crippen LogP contribution >= 0.6 is 23.1 Å². The van der Waals surface area contributed by atoms with E-state index >= 15 is 0 Å². The largest absolute Gasteiger partial charge is 0.360 e. The Morgan fingerprint density at radius 2 is 2.15 bits per heavy atom. The van der Waals surface area contributed by atoms with E-state index in [1.54, 1.807) is 0 Å². The highest BCUT2D eigenvalue weighted by Gasteiger charge is 2.33. The summed E-state index contributed by atoms with van der Waals surface area (Å²) in [4.78, 5) is 12.1. The summed E-state index contributed by atoms with van der Waals surface area (Å²) in [6, 6.07) is 0. The molecule has 0 spiro atoms. The van der Waals surface area contributed by atoms with Gasteiger partial charge in [0, 0.05) is 17.8 Å². The maximum Gasteiger partial charge on any atom is 0.282 e. The predicted octanol–water partition coefficient (Wildman–Crippen LogP) is 2.77. The SMILES string of the molecule is CCCNc1nnc(C(=O)NCC2(SC)CCCC2)s1. The molecule has 0 bridgehead atoms. The normalized spacial score (nSPS) is 17.1. The lowest BCUT2D eigenvalue weighted by Crippen LogP contribution is -2.38. The zero-order valence-electron chi connectivity index (χ0n) is 12.1. The number of carbonyl (C=O) groups excluding carboxylic acids is 1. The molecule has 0 unspecified atom stereocenters. The van der Waals surface area contributed by atoms with Crippen LogP contribution in [0.4, 0.5) is 5.13 Å². The minimum atomic E-state index is -0.104. The van der Waals surface area contributed by atoms with Crippen molar-refractivity contribution < 1.29 is 4.79 Å². The van der Waals surface area contributed by atoms with Gasteiger partial charge >= 0.3 is 0 Å². The van der Waals surface area contributed by atoms with Crippen LogP contribution in [0.15, 0.2) is 0 Å². The summed E-state index contributed by atoms with van der Waals surface area (Å²) in [5, 5.41) is 15.3. The smallest absolute Gasteiger partial charge is 0.282 e. The molecule has 0 aliphatic heterocycles. The Morgan fingerprint density at radius 1 is 1.40 bits per heavy atom. The molecule has 1 aliphatic carbocycles. The van der Waals surface area contributed by atoms with Gasteiger partial charge in [-0.25, -0.2) is 0 Å². The van der Waals surface area contributed by atoms with E-state index < -0.39 is 0 Å². The van der Waals surface area contributed by atoms with Crippen molar-refractivity contribution in [2.24, 2.45) is 0 Å². The third kappa shape index (κ3) is 3.85. The number of nitrogens with zero attached hydrogens (tertiary/aromatic N) is 2. The van der Waals surface area contributed by atoms with Crippen molar-refractivity contribution in [3.05, 3.63) is 5.01 Å². The molecule has 0 radical (unpaired) electrons. The lowest BCUT2D eigenvalue weighted by molar-refractivity contribution is 0.0948. The van der Waals surface area contributed by atoms with Gasteiger partial charge in [0.05, 0.1) is 0 Å². The van der Waals surface area contributed by atoms with Crippen LogP contribution in [-0.2, 0) is 0 Å². The summed E-state index contributed by atoms with van der Waals surface area (Å²) < 4.78 is 0.226. The number of aromatic nitrogens is 2. The Morgan fingerprint density at radius 3 is 2.80 bits per heavy atom. The minimum absolute atomic E-state index is 0.104. The highest BCUT2D eigenvalue weighted by molar-refractivity contribution is 8.00. The number of hydrogen-bond acceptors (Lipinski definition) is 6. The first-order chi connectivity index (χ1) is 9.69. The maximum atomic E-state index is 12.1. The lowest BCUT2D eigenvalue weighted by atomic mass is 10.1. The topological polar surface area (TPSA) is 66.9 Å². The van der Waals surface area contributed by atoms with Crippen LogP contribution < -0.4 is 10.6 Å². The Labute approximate surface area is 128 Å². The van der Waals surface area contributed by atoms with E-state index in [1.165, 1.54) is 37.0 Å². The Hall–Kier alpha value is -0.820. The van der Waals surface area contributed by atoms with Gasteiger partial charge in [0.25, 0.3) is 5.91 Å². The fraction of sp³-hybridized carbons (Fsp3) is 0.769. The van der Waals surface area contributed by atoms with Crippen LogP contribution in [0, 0.1) is 0 Å². The van der Waals surface area contributed by atoms with Crippen molar-refractivity contribution in [3.8, 4) is 0 Å². The molecular formula is C13H22N4OS2. The Balaban J connectivity index is 1.86. The van der Waals surface area contributed by atoms with E-state index in [4.69, 9.17) is 0 Å². The maximum absolute atomic E-state index is 12.1. The van der Waals surface area contributed by atoms with E-state index in [1.807, 2.05) is 11.8 Å². The monoisotopic (exact) mass is 314 g/mol. The van der Waals surface area contributed by atoms with E-state index in [2.05, 4.69) is 34.0 Å². The predicted molar refractivity (Wildman–Crippen MR) is 85.7 cm³/mol. The standard InChI is InChI=1S/C13H22N4OS2/c1-3-8-14-12-17-16-11(20-12)10(18)15-9-13(19-2)6-4-5-7-13/h3-9H2,1-2H3,(H,14,17)(H,15,18). The van der Waals surface area contributed by atoms with E-state index in [9.17, 15) is 4.79 Å². The number of thioether (sulfide) groups is 1. The second kappa shape index (κ2) is 7.26. The molecule has 2 rings (SSSR count). The molecule has 0 saturated heterocycles. The van der Waals surface area contributed by atoms with Crippen LogP contribution in [0.2, 0.25) is 0 Å². The van der Waals surface area contributed by atoms with Crippen molar-refractivity contribution in [2.75, 3.05) is 24.7 Å². The van der Waals surface area contributed by atoms with Gasteiger partial charge in [0.15, 0.2) is 0 Å². The summed E-state index contributed by atoms with van der Waals surface area (Å²) in [7, 11) is 0. The van der Waals surface area contributed by atoms with Crippen LogP contribution in [0.1, 0.15) is 48.8 Å². The average Bonchev–Trinajstić information content (AvgIpc) is 3.12. The molecule has 1 amide bonds. The minimum Gasteiger partial charge on any atom is -0.360 e. The quantitative estimate of drug-likeness (QED) is 0.810. The molecule has 1 aromatic heterocycles. The van der Waals surface area contributed by atoms with Crippen molar-refractivity contribution in [2.45, 2.75) is 43.8 Å². The molecule has 7 heteroatoms. The van der Waals surface area contributed by atoms with Gasteiger partial charge in [0.1, 0.15) is 0 Å². The average molecular weight is 314 g/mol. The number of amides is 1. The number of carbonyl (C=O) groups is 1. The van der Waals surface area contributed by atoms with Gasteiger partial charge in [0.2, 0.25) is 10.1 Å². The molecule has 112 valence electrons. The van der Waals surface area contributed by atoms with Gasteiger partial charge in [-0.05, 0) is 25.5 Å². The van der Waals surface area contributed by atoms with Crippen molar-refractivity contribution in [3.63, 3.8) is 0 Å². The van der Waals surface area contributed by atoms with Crippen molar-refractivity contribution in [1.29, 1.82) is 0 Å². The van der Waals surface area contributed by atoms with E-state index in [0.717, 1.165) is 24.6 Å². The molecule has 1 aliphatic rings. The van der Waals surface area contributed by atoms with Gasteiger partial charge in [-0.2, -0.15) is 11.8 Å².